The van der Waals surface area contributed by atoms with Gasteiger partial charge in [-0.1, -0.05) is 107 Å². The molecule has 0 atom stereocenters. The summed E-state index contributed by atoms with van der Waals surface area (Å²) < 4.78 is 1.14. The molecular weight excluding hydrogens is 488 g/mol. The molecule has 0 N–H and O–H groups in total. The van der Waals surface area contributed by atoms with Crippen LogP contribution in [-0.4, -0.2) is 0 Å². The summed E-state index contributed by atoms with van der Waals surface area (Å²) in [7, 11) is 0. The number of allylic oxidation sites excluding steroid dienone is 6. The van der Waals surface area contributed by atoms with Crippen molar-refractivity contribution in [2.75, 3.05) is 0 Å². The van der Waals surface area contributed by atoms with Crippen molar-refractivity contribution in [1.82, 2.24) is 0 Å². The fraction of sp³-hybridized carbons (Fsp3) is 0.118. The van der Waals surface area contributed by atoms with Gasteiger partial charge in [-0.25, -0.2) is 0 Å². The molecule has 0 heterocycles. The molecule has 5 aromatic rings. The highest BCUT2D eigenvalue weighted by atomic mass is 79.9. The Hall–Kier alpha value is -3.42. The molecule has 0 saturated carbocycles. The summed E-state index contributed by atoms with van der Waals surface area (Å²) in [5.41, 5.74) is 6.15. The standard InChI is InChI=1S/C18H16.C16H9Br/c1-3-7-15-13(5-1)9-11-18-16-8-4-2-6-14(16)10-12-17(15)18;17-14-8-12-6-4-10-2-1-3-11-5-7-13(9-14)16(12)15(10)11/h1-3,5-6,9-11H,4,7-8,12H2;1-9H. The second-order valence-corrected chi connectivity index (χ2v) is 10.6. The summed E-state index contributed by atoms with van der Waals surface area (Å²) in [6, 6.07) is 24.3. The summed E-state index contributed by atoms with van der Waals surface area (Å²) in [6.45, 7) is 0. The van der Waals surface area contributed by atoms with Crippen molar-refractivity contribution in [2.24, 2.45) is 0 Å². The number of hydrogen-bond donors (Lipinski definition) is 0. The Morgan fingerprint density at radius 2 is 1.43 bits per heavy atom. The molecule has 0 bridgehead atoms. The van der Waals surface area contributed by atoms with Crippen LogP contribution in [0.2, 0.25) is 0 Å². The molecule has 0 saturated heterocycles. The Balaban J connectivity index is 0.000000120. The molecule has 3 aliphatic rings. The molecule has 0 spiro atoms. The van der Waals surface area contributed by atoms with Gasteiger partial charge in [0.15, 0.2) is 0 Å². The van der Waals surface area contributed by atoms with Crippen LogP contribution in [0.5, 0.6) is 0 Å². The largest absolute Gasteiger partial charge is 0.0836 e. The van der Waals surface area contributed by atoms with E-state index in [1.54, 1.807) is 16.7 Å². The lowest BCUT2D eigenvalue weighted by atomic mass is 9.83. The summed E-state index contributed by atoms with van der Waals surface area (Å²) >= 11 is 3.57. The zero-order valence-electron chi connectivity index (χ0n) is 19.5. The van der Waals surface area contributed by atoms with Crippen LogP contribution in [0, 0.1) is 0 Å². The average molecular weight is 513 g/mol. The Morgan fingerprint density at radius 1 is 0.686 bits per heavy atom. The first kappa shape index (κ1) is 20.9. The maximum atomic E-state index is 3.57. The monoisotopic (exact) mass is 512 g/mol. The van der Waals surface area contributed by atoms with Gasteiger partial charge < -0.3 is 0 Å². The Labute approximate surface area is 213 Å². The van der Waals surface area contributed by atoms with Gasteiger partial charge >= 0.3 is 0 Å². The first-order valence-electron chi connectivity index (χ1n) is 12.5. The Kier molecular flexibility index (Phi) is 4.99. The van der Waals surface area contributed by atoms with E-state index in [0.29, 0.717) is 0 Å². The van der Waals surface area contributed by atoms with Crippen molar-refractivity contribution in [3.8, 4) is 0 Å². The van der Waals surface area contributed by atoms with Gasteiger partial charge in [0.05, 0.1) is 0 Å². The second-order valence-electron chi connectivity index (χ2n) is 9.68. The SMILES string of the molecule is Brc1cc2ccc3cccc4ccc(c1)c2c34.C1=CCc2c3c(ccc2=C1)=C1CCC=CC1=CC3. The lowest BCUT2D eigenvalue weighted by molar-refractivity contribution is 1.000. The highest BCUT2D eigenvalue weighted by Gasteiger charge is 2.16. The summed E-state index contributed by atoms with van der Waals surface area (Å²) in [4.78, 5) is 0. The molecule has 3 aliphatic carbocycles. The minimum absolute atomic E-state index is 1.10. The Morgan fingerprint density at radius 3 is 2.23 bits per heavy atom. The van der Waals surface area contributed by atoms with Gasteiger partial charge in [0, 0.05) is 4.47 Å². The third-order valence-electron chi connectivity index (χ3n) is 7.69. The normalized spacial score (nSPS) is 15.8. The molecule has 0 nitrogen and oxygen atoms in total. The summed E-state index contributed by atoms with van der Waals surface area (Å²) in [6.07, 6.45) is 18.3. The van der Waals surface area contributed by atoms with Crippen LogP contribution in [-0.2, 0) is 12.8 Å². The smallest absolute Gasteiger partial charge is 0.0187 e. The first-order valence-corrected chi connectivity index (χ1v) is 13.3. The summed E-state index contributed by atoms with van der Waals surface area (Å²) in [5, 5.41) is 10.9. The quantitative estimate of drug-likeness (QED) is 0.185. The van der Waals surface area contributed by atoms with E-state index in [1.807, 2.05) is 0 Å². The van der Waals surface area contributed by atoms with Gasteiger partial charge in [0.1, 0.15) is 0 Å². The number of rotatable bonds is 0. The fourth-order valence-electron chi connectivity index (χ4n) is 6.07. The first-order chi connectivity index (χ1) is 17.3. The average Bonchev–Trinajstić information content (AvgIpc) is 2.91. The molecule has 0 unspecified atom stereocenters. The molecule has 0 amide bonds. The van der Waals surface area contributed by atoms with Crippen LogP contribution in [0.25, 0.3) is 44.0 Å². The Bertz CT molecular complexity index is 1780. The molecule has 5 aromatic carbocycles. The van der Waals surface area contributed by atoms with E-state index in [0.717, 1.165) is 17.3 Å². The van der Waals surface area contributed by atoms with Gasteiger partial charge in [0.2, 0.25) is 0 Å². The minimum Gasteiger partial charge on any atom is -0.0836 e. The third-order valence-corrected chi connectivity index (χ3v) is 8.15. The fourth-order valence-corrected chi connectivity index (χ4v) is 6.57. The number of fused-ring (bicyclic) bond motifs is 4. The van der Waals surface area contributed by atoms with Crippen LogP contribution in [0.3, 0.4) is 0 Å². The van der Waals surface area contributed by atoms with Crippen molar-refractivity contribution in [2.45, 2.75) is 25.7 Å². The maximum Gasteiger partial charge on any atom is 0.0187 e. The highest BCUT2D eigenvalue weighted by molar-refractivity contribution is 9.10. The van der Waals surface area contributed by atoms with Gasteiger partial charge in [-0.2, -0.15) is 0 Å². The maximum absolute atomic E-state index is 3.57. The van der Waals surface area contributed by atoms with E-state index in [-0.39, 0.29) is 0 Å². The number of hydrogen-bond acceptors (Lipinski definition) is 0. The zero-order valence-corrected chi connectivity index (χ0v) is 21.1. The zero-order chi connectivity index (χ0) is 23.4. The molecule has 0 radical (unpaired) electrons. The van der Waals surface area contributed by atoms with Gasteiger partial charge in [-0.3, -0.25) is 0 Å². The van der Waals surface area contributed by atoms with E-state index in [9.17, 15) is 0 Å². The molecule has 8 rings (SSSR count). The lowest BCUT2D eigenvalue weighted by Crippen LogP contribution is -2.26. The van der Waals surface area contributed by atoms with Gasteiger partial charge in [-0.05, 0) is 103 Å². The van der Waals surface area contributed by atoms with Crippen LogP contribution < -0.4 is 10.4 Å². The van der Waals surface area contributed by atoms with E-state index in [1.165, 1.54) is 61.2 Å². The van der Waals surface area contributed by atoms with Crippen molar-refractivity contribution in [3.63, 3.8) is 0 Å². The molecule has 1 heteroatoms. The van der Waals surface area contributed by atoms with Crippen molar-refractivity contribution < 1.29 is 0 Å². The van der Waals surface area contributed by atoms with Crippen LogP contribution >= 0.6 is 15.9 Å². The molecule has 0 aliphatic heterocycles. The van der Waals surface area contributed by atoms with E-state index < -0.39 is 0 Å². The molecule has 0 fully saturated rings. The van der Waals surface area contributed by atoms with Crippen LogP contribution in [0.1, 0.15) is 24.0 Å². The highest BCUT2D eigenvalue weighted by Crippen LogP contribution is 2.36. The molecular formula is C34H25Br. The number of benzene rings is 5. The van der Waals surface area contributed by atoms with Crippen molar-refractivity contribution in [3.05, 3.63) is 129 Å². The third kappa shape index (κ3) is 3.49. The predicted octanol–water partition coefficient (Wildman–Crippen LogP) is 7.91. The molecule has 35 heavy (non-hydrogen) atoms. The van der Waals surface area contributed by atoms with E-state index in [4.69, 9.17) is 0 Å². The van der Waals surface area contributed by atoms with Gasteiger partial charge in [-0.15, -0.1) is 0 Å². The van der Waals surface area contributed by atoms with Crippen molar-refractivity contribution in [1.29, 1.82) is 0 Å². The van der Waals surface area contributed by atoms with Crippen LogP contribution in [0.4, 0.5) is 0 Å². The van der Waals surface area contributed by atoms with Crippen molar-refractivity contribution >= 4 is 59.9 Å². The van der Waals surface area contributed by atoms with E-state index >= 15 is 0 Å². The number of halogens is 1. The van der Waals surface area contributed by atoms with Gasteiger partial charge in [0.25, 0.3) is 0 Å². The lowest BCUT2D eigenvalue weighted by Gasteiger charge is -2.21. The van der Waals surface area contributed by atoms with Crippen LogP contribution in [0.15, 0.2) is 107 Å². The second kappa shape index (κ2) is 8.36. The molecule has 0 aromatic heterocycles. The predicted molar refractivity (Wildman–Crippen MR) is 154 cm³/mol. The van der Waals surface area contributed by atoms with E-state index in [2.05, 4.69) is 119 Å². The molecule has 168 valence electrons. The minimum atomic E-state index is 1.10. The summed E-state index contributed by atoms with van der Waals surface area (Å²) in [5.74, 6) is 0. The topological polar surface area (TPSA) is 0 Å².